The van der Waals surface area contributed by atoms with E-state index < -0.39 is 0 Å². The van der Waals surface area contributed by atoms with Crippen molar-refractivity contribution in [2.75, 3.05) is 6.54 Å². The molecular formula is C9H12N2O. The fourth-order valence-corrected chi connectivity index (χ4v) is 1.40. The van der Waals surface area contributed by atoms with E-state index in [-0.39, 0.29) is 0 Å². The number of hydrogen-bond acceptors (Lipinski definition) is 3. The Morgan fingerprint density at radius 3 is 3.33 bits per heavy atom. The largest absolute Gasteiger partial charge is 0.364 e. The van der Waals surface area contributed by atoms with Gasteiger partial charge in [-0.1, -0.05) is 11.2 Å². The first-order valence-electron chi connectivity index (χ1n) is 4.27. The van der Waals surface area contributed by atoms with Crippen LogP contribution >= 0.6 is 0 Å². The highest BCUT2D eigenvalue weighted by Crippen LogP contribution is 2.07. The molecule has 64 valence electrons. The van der Waals surface area contributed by atoms with Crippen molar-refractivity contribution in [2.24, 2.45) is 0 Å². The predicted molar refractivity (Wildman–Crippen MR) is 46.6 cm³/mol. The summed E-state index contributed by atoms with van der Waals surface area (Å²) in [7, 11) is 0. The average molecular weight is 164 g/mol. The molecule has 1 fully saturated rings. The van der Waals surface area contributed by atoms with Gasteiger partial charge in [0.15, 0.2) is 0 Å². The Hall–Kier alpha value is -1.09. The van der Waals surface area contributed by atoms with Crippen LogP contribution in [0.2, 0.25) is 0 Å². The van der Waals surface area contributed by atoms with Gasteiger partial charge in [-0.05, 0) is 25.5 Å². The standard InChI is InChI=1S/C9H12N2O/c1-2-8(10-6-1)3-4-9-5-7-12-11-9/h3-5,7-8,10H,1-2,6H2/b4-3+. The van der Waals surface area contributed by atoms with E-state index in [0.717, 1.165) is 12.2 Å². The van der Waals surface area contributed by atoms with Crippen LogP contribution in [0.4, 0.5) is 0 Å². The van der Waals surface area contributed by atoms with E-state index in [2.05, 4.69) is 16.5 Å². The molecule has 0 bridgehead atoms. The summed E-state index contributed by atoms with van der Waals surface area (Å²) in [4.78, 5) is 0. The van der Waals surface area contributed by atoms with E-state index in [9.17, 15) is 0 Å². The van der Waals surface area contributed by atoms with Gasteiger partial charge < -0.3 is 9.84 Å². The lowest BCUT2D eigenvalue weighted by atomic mass is 10.2. The van der Waals surface area contributed by atoms with Crippen molar-refractivity contribution in [2.45, 2.75) is 18.9 Å². The molecule has 1 saturated heterocycles. The topological polar surface area (TPSA) is 38.1 Å². The maximum absolute atomic E-state index is 4.71. The Bertz CT molecular complexity index is 248. The number of nitrogens with one attached hydrogen (secondary N) is 1. The first kappa shape index (κ1) is 7.55. The average Bonchev–Trinajstić information content (AvgIpc) is 2.74. The van der Waals surface area contributed by atoms with E-state index in [1.54, 1.807) is 6.26 Å². The van der Waals surface area contributed by atoms with E-state index in [4.69, 9.17) is 4.52 Å². The number of rotatable bonds is 2. The molecule has 1 atom stereocenters. The van der Waals surface area contributed by atoms with Crippen LogP contribution in [0.15, 0.2) is 22.9 Å². The highest BCUT2D eigenvalue weighted by molar-refractivity contribution is 5.43. The van der Waals surface area contributed by atoms with E-state index in [0.29, 0.717) is 6.04 Å². The Kier molecular flexibility index (Phi) is 2.23. The zero-order valence-corrected chi connectivity index (χ0v) is 6.86. The van der Waals surface area contributed by atoms with Crippen molar-refractivity contribution in [3.05, 3.63) is 24.1 Å². The Labute approximate surface area is 71.4 Å². The van der Waals surface area contributed by atoms with Gasteiger partial charge in [0.1, 0.15) is 12.0 Å². The summed E-state index contributed by atoms with van der Waals surface area (Å²) >= 11 is 0. The molecule has 1 aliphatic rings. The third-order valence-electron chi connectivity index (χ3n) is 2.06. The first-order valence-corrected chi connectivity index (χ1v) is 4.27. The Balaban J connectivity index is 1.93. The molecule has 0 saturated carbocycles. The molecule has 1 aliphatic heterocycles. The molecule has 2 rings (SSSR count). The van der Waals surface area contributed by atoms with E-state index in [1.807, 2.05) is 12.1 Å². The maximum Gasteiger partial charge on any atom is 0.124 e. The van der Waals surface area contributed by atoms with Gasteiger partial charge in [0.25, 0.3) is 0 Å². The molecule has 0 radical (unpaired) electrons. The molecule has 2 heterocycles. The minimum Gasteiger partial charge on any atom is -0.364 e. The summed E-state index contributed by atoms with van der Waals surface area (Å²) in [6, 6.07) is 2.38. The summed E-state index contributed by atoms with van der Waals surface area (Å²) < 4.78 is 4.71. The van der Waals surface area contributed by atoms with Gasteiger partial charge in [-0.15, -0.1) is 0 Å². The lowest BCUT2D eigenvalue weighted by Gasteiger charge is -2.00. The first-order chi connectivity index (χ1) is 5.95. The van der Waals surface area contributed by atoms with Crippen LogP contribution < -0.4 is 5.32 Å². The van der Waals surface area contributed by atoms with Crippen LogP contribution in [0, 0.1) is 0 Å². The minimum absolute atomic E-state index is 0.529. The number of nitrogens with zero attached hydrogens (tertiary/aromatic N) is 1. The molecule has 0 aliphatic carbocycles. The molecule has 1 unspecified atom stereocenters. The fraction of sp³-hybridized carbons (Fsp3) is 0.444. The van der Waals surface area contributed by atoms with Crippen LogP contribution in [0.3, 0.4) is 0 Å². The van der Waals surface area contributed by atoms with Gasteiger partial charge in [-0.2, -0.15) is 0 Å². The number of hydrogen-bond donors (Lipinski definition) is 1. The second-order valence-corrected chi connectivity index (χ2v) is 2.99. The van der Waals surface area contributed by atoms with Gasteiger partial charge in [-0.3, -0.25) is 0 Å². The van der Waals surface area contributed by atoms with Gasteiger partial charge in [0.2, 0.25) is 0 Å². The van der Waals surface area contributed by atoms with Crippen molar-refractivity contribution in [3.63, 3.8) is 0 Å². The lowest BCUT2D eigenvalue weighted by Crippen LogP contribution is -2.17. The highest BCUT2D eigenvalue weighted by atomic mass is 16.5. The van der Waals surface area contributed by atoms with Crippen molar-refractivity contribution in [3.8, 4) is 0 Å². The Morgan fingerprint density at radius 2 is 2.67 bits per heavy atom. The van der Waals surface area contributed by atoms with Crippen molar-refractivity contribution in [1.82, 2.24) is 10.5 Å². The summed E-state index contributed by atoms with van der Waals surface area (Å²) in [6.07, 6.45) is 8.22. The summed E-state index contributed by atoms with van der Waals surface area (Å²) in [5, 5.41) is 7.16. The van der Waals surface area contributed by atoms with Crippen LogP contribution in [0.25, 0.3) is 6.08 Å². The minimum atomic E-state index is 0.529. The second-order valence-electron chi connectivity index (χ2n) is 2.99. The molecule has 3 nitrogen and oxygen atoms in total. The van der Waals surface area contributed by atoms with Crippen molar-refractivity contribution >= 4 is 6.08 Å². The van der Waals surface area contributed by atoms with E-state index >= 15 is 0 Å². The smallest absolute Gasteiger partial charge is 0.124 e. The summed E-state index contributed by atoms with van der Waals surface area (Å²) in [5.74, 6) is 0. The fourth-order valence-electron chi connectivity index (χ4n) is 1.40. The zero-order valence-electron chi connectivity index (χ0n) is 6.86. The van der Waals surface area contributed by atoms with Gasteiger partial charge in [-0.25, -0.2) is 0 Å². The Morgan fingerprint density at radius 1 is 1.67 bits per heavy atom. The van der Waals surface area contributed by atoms with Crippen molar-refractivity contribution < 1.29 is 4.52 Å². The zero-order chi connectivity index (χ0) is 8.23. The van der Waals surface area contributed by atoms with Crippen molar-refractivity contribution in [1.29, 1.82) is 0 Å². The molecule has 3 heteroatoms. The quantitative estimate of drug-likeness (QED) is 0.718. The van der Waals surface area contributed by atoms with Crippen LogP contribution in [0.1, 0.15) is 18.5 Å². The third kappa shape index (κ3) is 1.74. The molecule has 1 aromatic rings. The molecule has 12 heavy (non-hydrogen) atoms. The molecule has 0 amide bonds. The highest BCUT2D eigenvalue weighted by Gasteiger charge is 2.09. The number of aromatic nitrogens is 1. The van der Waals surface area contributed by atoms with Crippen LogP contribution in [0.5, 0.6) is 0 Å². The normalized spacial score (nSPS) is 23.8. The molecular weight excluding hydrogens is 152 g/mol. The van der Waals surface area contributed by atoms with Gasteiger partial charge >= 0.3 is 0 Å². The van der Waals surface area contributed by atoms with E-state index in [1.165, 1.54) is 12.8 Å². The molecule has 1 N–H and O–H groups in total. The lowest BCUT2D eigenvalue weighted by molar-refractivity contribution is 0.418. The maximum atomic E-state index is 4.71. The van der Waals surface area contributed by atoms with Gasteiger partial charge in [0.05, 0.1) is 0 Å². The molecule has 1 aromatic heterocycles. The second kappa shape index (κ2) is 3.54. The van der Waals surface area contributed by atoms with Gasteiger partial charge in [0, 0.05) is 12.1 Å². The van der Waals surface area contributed by atoms with Crippen LogP contribution in [-0.2, 0) is 0 Å². The summed E-state index contributed by atoms with van der Waals surface area (Å²) in [5.41, 5.74) is 0.892. The van der Waals surface area contributed by atoms with Crippen LogP contribution in [-0.4, -0.2) is 17.7 Å². The predicted octanol–water partition coefficient (Wildman–Crippen LogP) is 1.44. The molecule has 0 aromatic carbocycles. The molecule has 0 spiro atoms. The monoisotopic (exact) mass is 164 g/mol. The third-order valence-corrected chi connectivity index (χ3v) is 2.06. The SMILES string of the molecule is C(=C\C1CCCN1)/c1ccon1. The summed E-state index contributed by atoms with van der Waals surface area (Å²) in [6.45, 7) is 1.13.